The van der Waals surface area contributed by atoms with Gasteiger partial charge in [0.15, 0.2) is 5.78 Å². The summed E-state index contributed by atoms with van der Waals surface area (Å²) in [6, 6.07) is 3.47. The van der Waals surface area contributed by atoms with Gasteiger partial charge in [0.25, 0.3) is 0 Å². The van der Waals surface area contributed by atoms with Gasteiger partial charge in [-0.25, -0.2) is 9.97 Å². The molecule has 1 fully saturated rings. The van der Waals surface area contributed by atoms with Gasteiger partial charge in [0, 0.05) is 41.7 Å². The molecule has 0 atom stereocenters. The van der Waals surface area contributed by atoms with E-state index in [0.717, 1.165) is 23.6 Å². The number of aromatic nitrogens is 2. The second-order valence-corrected chi connectivity index (χ2v) is 8.13. The van der Waals surface area contributed by atoms with Gasteiger partial charge >= 0.3 is 0 Å². The van der Waals surface area contributed by atoms with Crippen molar-refractivity contribution in [3.63, 3.8) is 0 Å². The number of carbonyl (C=O) groups is 2. The lowest BCUT2D eigenvalue weighted by Gasteiger charge is -2.09. The van der Waals surface area contributed by atoms with E-state index in [2.05, 4.69) is 32.4 Å². The summed E-state index contributed by atoms with van der Waals surface area (Å²) in [5.74, 6) is 7.31. The fourth-order valence-electron chi connectivity index (χ4n) is 3.03. The zero-order chi connectivity index (χ0) is 21.3. The van der Waals surface area contributed by atoms with E-state index in [9.17, 15) is 14.7 Å². The fraction of sp³-hybridized carbons (Fsp3) is 0.273. The molecule has 0 spiro atoms. The number of anilines is 2. The van der Waals surface area contributed by atoms with E-state index >= 15 is 0 Å². The second-order valence-electron chi connectivity index (χ2n) is 7.08. The number of fused-ring (bicyclic) bond motifs is 1. The predicted molar refractivity (Wildman–Crippen MR) is 117 cm³/mol. The highest BCUT2D eigenvalue weighted by Crippen LogP contribution is 2.31. The molecule has 0 radical (unpaired) electrons. The summed E-state index contributed by atoms with van der Waals surface area (Å²) in [5, 5.41) is 17.1. The molecule has 0 saturated heterocycles. The smallest absolute Gasteiger partial charge is 0.228 e. The van der Waals surface area contributed by atoms with Crippen molar-refractivity contribution in [3.05, 3.63) is 45.4 Å². The van der Waals surface area contributed by atoms with Crippen LogP contribution in [0.3, 0.4) is 0 Å². The van der Waals surface area contributed by atoms with Crippen LogP contribution in [0.1, 0.15) is 45.4 Å². The topological polar surface area (TPSA) is 104 Å². The number of amides is 1. The number of hydrogen-bond donors (Lipinski definition) is 3. The highest BCUT2D eigenvalue weighted by Gasteiger charge is 2.29. The molecule has 1 amide bonds. The normalized spacial score (nSPS) is 12.9. The zero-order valence-corrected chi connectivity index (χ0v) is 17.4. The number of carbonyl (C=O) groups excluding carboxylic acids is 2. The first-order valence-electron chi connectivity index (χ1n) is 9.54. The first kappa shape index (κ1) is 20.0. The highest BCUT2D eigenvalue weighted by molar-refractivity contribution is 7.14. The number of Topliss-reactive ketones (excluding diaryl/α,β-unsaturated/α-hetero) is 1. The number of ketones is 1. The van der Waals surface area contributed by atoms with Gasteiger partial charge in [-0.05, 0) is 31.9 Å². The molecule has 3 N–H and O–H groups in total. The molecule has 30 heavy (non-hydrogen) atoms. The minimum atomic E-state index is -0.188. The van der Waals surface area contributed by atoms with Crippen molar-refractivity contribution < 1.29 is 14.7 Å². The van der Waals surface area contributed by atoms with Crippen LogP contribution in [0.25, 0.3) is 10.8 Å². The Kier molecular flexibility index (Phi) is 5.48. The van der Waals surface area contributed by atoms with Crippen molar-refractivity contribution >= 4 is 45.4 Å². The van der Waals surface area contributed by atoms with E-state index in [0.29, 0.717) is 32.5 Å². The molecular formula is C22H20N4O3S. The summed E-state index contributed by atoms with van der Waals surface area (Å²) in [6.45, 7) is 1.30. The van der Waals surface area contributed by atoms with Crippen LogP contribution < -0.4 is 10.6 Å². The van der Waals surface area contributed by atoms with Gasteiger partial charge in [0.1, 0.15) is 11.6 Å². The lowest BCUT2D eigenvalue weighted by atomic mass is 10.1. The van der Waals surface area contributed by atoms with E-state index in [1.807, 2.05) is 0 Å². The van der Waals surface area contributed by atoms with Gasteiger partial charge < -0.3 is 15.7 Å². The van der Waals surface area contributed by atoms with Crippen LogP contribution in [-0.2, 0) is 11.4 Å². The number of hydrogen-bond acceptors (Lipinski definition) is 7. The van der Waals surface area contributed by atoms with Gasteiger partial charge in [-0.15, -0.1) is 11.3 Å². The summed E-state index contributed by atoms with van der Waals surface area (Å²) < 4.78 is 0. The molecule has 1 aliphatic carbocycles. The van der Waals surface area contributed by atoms with Crippen molar-refractivity contribution in [1.82, 2.24) is 9.97 Å². The zero-order valence-electron chi connectivity index (χ0n) is 16.6. The lowest BCUT2D eigenvalue weighted by Crippen LogP contribution is -2.14. The maximum Gasteiger partial charge on any atom is 0.228 e. The van der Waals surface area contributed by atoms with Crippen LogP contribution in [0.15, 0.2) is 24.5 Å². The van der Waals surface area contributed by atoms with Gasteiger partial charge in [0.05, 0.1) is 21.9 Å². The van der Waals surface area contributed by atoms with E-state index in [1.165, 1.54) is 18.3 Å². The molecule has 3 heterocycles. The molecule has 0 aliphatic heterocycles. The number of nitrogens with zero attached hydrogens (tertiary/aromatic N) is 2. The molecule has 0 aromatic carbocycles. The quantitative estimate of drug-likeness (QED) is 0.433. The summed E-state index contributed by atoms with van der Waals surface area (Å²) in [4.78, 5) is 33.7. The molecule has 152 valence electrons. The number of aliphatic hydroxyl groups is 1. The minimum Gasteiger partial charge on any atom is -0.392 e. The molecule has 1 aliphatic rings. The largest absolute Gasteiger partial charge is 0.392 e. The van der Waals surface area contributed by atoms with E-state index in [-0.39, 0.29) is 24.2 Å². The van der Waals surface area contributed by atoms with E-state index < -0.39 is 0 Å². The third-order valence-corrected chi connectivity index (χ3v) is 6.04. The Balaban J connectivity index is 1.76. The molecule has 0 bridgehead atoms. The van der Waals surface area contributed by atoms with Crippen molar-refractivity contribution in [1.29, 1.82) is 0 Å². The number of rotatable bonds is 5. The Labute approximate surface area is 177 Å². The van der Waals surface area contributed by atoms with Crippen LogP contribution >= 0.6 is 11.3 Å². The van der Waals surface area contributed by atoms with Crippen molar-refractivity contribution in [3.8, 4) is 11.8 Å². The van der Waals surface area contributed by atoms with Crippen LogP contribution in [0.5, 0.6) is 0 Å². The van der Waals surface area contributed by atoms with Gasteiger partial charge in [0.2, 0.25) is 5.91 Å². The predicted octanol–water partition coefficient (Wildman–Crippen LogP) is 3.18. The highest BCUT2D eigenvalue weighted by atomic mass is 32.1. The third-order valence-electron chi connectivity index (χ3n) is 4.85. The maximum atomic E-state index is 12.1. The van der Waals surface area contributed by atoms with Gasteiger partial charge in [-0.2, -0.15) is 0 Å². The molecule has 8 heteroatoms. The Bertz CT molecular complexity index is 1220. The average molecular weight is 420 g/mol. The Morgan fingerprint density at radius 3 is 2.67 bits per heavy atom. The number of pyridine rings is 2. The summed E-state index contributed by atoms with van der Waals surface area (Å²) >= 11 is 1.26. The molecule has 4 rings (SSSR count). The first-order chi connectivity index (χ1) is 14.5. The average Bonchev–Trinajstić information content (AvgIpc) is 3.51. The standard InChI is InChI=1S/C22H20N4O3S/c1-12(28)19-7-15(11-27)18(30-19)6-5-14-9-25-21(23-2)17-10-24-20(8-16(14)17)26-22(29)13-3-4-13/h7-10,13,27H,3-4,11H2,1-2H3,(H,23,25)(H,24,26,29). The third kappa shape index (κ3) is 4.03. The first-order valence-corrected chi connectivity index (χ1v) is 10.4. The number of thiophene rings is 1. The van der Waals surface area contributed by atoms with Crippen LogP contribution in [-0.4, -0.2) is 33.8 Å². The molecule has 1 saturated carbocycles. The van der Waals surface area contributed by atoms with Crippen LogP contribution in [0.2, 0.25) is 0 Å². The Hall–Kier alpha value is -3.28. The van der Waals surface area contributed by atoms with Crippen molar-refractivity contribution in [2.75, 3.05) is 17.7 Å². The minimum absolute atomic E-state index is 0.0136. The Morgan fingerprint density at radius 2 is 2.00 bits per heavy atom. The molecule has 0 unspecified atom stereocenters. The molecule has 3 aromatic heterocycles. The van der Waals surface area contributed by atoms with Gasteiger partial charge in [-0.1, -0.05) is 11.8 Å². The number of aliphatic hydroxyl groups excluding tert-OH is 1. The summed E-state index contributed by atoms with van der Waals surface area (Å²) in [6.07, 6.45) is 5.16. The molecule has 7 nitrogen and oxygen atoms in total. The lowest BCUT2D eigenvalue weighted by molar-refractivity contribution is -0.117. The summed E-state index contributed by atoms with van der Waals surface area (Å²) in [7, 11) is 1.78. The SMILES string of the molecule is CNc1ncc(C#Cc2sc(C(C)=O)cc2CO)c2cc(NC(=O)C3CC3)ncc12. The van der Waals surface area contributed by atoms with Gasteiger partial charge in [-0.3, -0.25) is 9.59 Å². The monoisotopic (exact) mass is 420 g/mol. The molecule has 3 aromatic rings. The maximum absolute atomic E-state index is 12.1. The van der Waals surface area contributed by atoms with Crippen LogP contribution in [0.4, 0.5) is 11.6 Å². The Morgan fingerprint density at radius 1 is 1.20 bits per heavy atom. The second kappa shape index (κ2) is 8.22. The summed E-state index contributed by atoms with van der Waals surface area (Å²) in [5.41, 5.74) is 1.29. The van der Waals surface area contributed by atoms with Crippen molar-refractivity contribution in [2.24, 2.45) is 5.92 Å². The molecular weight excluding hydrogens is 400 g/mol. The fourth-order valence-corrected chi connectivity index (χ4v) is 3.95. The number of nitrogens with one attached hydrogen (secondary N) is 2. The van der Waals surface area contributed by atoms with Crippen LogP contribution in [0, 0.1) is 17.8 Å². The van der Waals surface area contributed by atoms with Crippen molar-refractivity contribution in [2.45, 2.75) is 26.4 Å². The van der Waals surface area contributed by atoms with E-state index in [4.69, 9.17) is 0 Å². The van der Waals surface area contributed by atoms with E-state index in [1.54, 1.807) is 31.6 Å².